The molecule has 0 radical (unpaired) electrons. The first-order chi connectivity index (χ1) is 9.33. The average Bonchev–Trinajstić information content (AvgIpc) is 2.92. The smallest absolute Gasteiger partial charge is 0.228 e. The lowest BCUT2D eigenvalue weighted by Crippen LogP contribution is -2.13. The lowest BCUT2D eigenvalue weighted by atomic mass is 10.0. The lowest BCUT2D eigenvalue weighted by Gasteiger charge is -2.06. The van der Waals surface area contributed by atoms with Crippen LogP contribution in [0.1, 0.15) is 5.56 Å². The molecule has 0 saturated heterocycles. The number of fused-ring (bicyclic) bond motifs is 1. The van der Waals surface area contributed by atoms with Crippen molar-refractivity contribution in [1.82, 2.24) is 0 Å². The minimum absolute atomic E-state index is 0.0229. The predicted molar refractivity (Wildman–Crippen MR) is 80.6 cm³/mol. The van der Waals surface area contributed by atoms with Crippen LogP contribution in [0.2, 0.25) is 0 Å². The van der Waals surface area contributed by atoms with Gasteiger partial charge in [-0.25, -0.2) is 0 Å². The third-order valence-corrected chi connectivity index (χ3v) is 3.72. The summed E-state index contributed by atoms with van der Waals surface area (Å²) in [6, 6.07) is 16.1. The molecule has 3 aromatic rings. The number of thiophene rings is 1. The summed E-state index contributed by atoms with van der Waals surface area (Å²) >= 11 is 1.58. The molecular weight excluding hydrogens is 254 g/mol. The van der Waals surface area contributed by atoms with Crippen molar-refractivity contribution in [3.05, 3.63) is 64.9 Å². The predicted octanol–water partition coefficient (Wildman–Crippen LogP) is 4.08. The second-order valence-corrected chi connectivity index (χ2v) is 5.16. The minimum Gasteiger partial charge on any atom is -0.325 e. The van der Waals surface area contributed by atoms with Gasteiger partial charge in [-0.3, -0.25) is 4.79 Å². The highest BCUT2D eigenvalue weighted by Gasteiger charge is 2.07. The number of benzene rings is 2. The Morgan fingerprint density at radius 1 is 1.05 bits per heavy atom. The first kappa shape index (κ1) is 11.9. The van der Waals surface area contributed by atoms with Gasteiger partial charge in [-0.1, -0.05) is 42.5 Å². The number of carbonyl (C=O) groups excluding carboxylic acids is 1. The molecule has 1 aromatic heterocycles. The van der Waals surface area contributed by atoms with Crippen LogP contribution in [-0.4, -0.2) is 5.91 Å². The number of rotatable bonds is 3. The summed E-state index contributed by atoms with van der Waals surface area (Å²) in [4.78, 5) is 12.0. The van der Waals surface area contributed by atoms with Crippen LogP contribution in [0.3, 0.4) is 0 Å². The molecule has 1 N–H and O–H groups in total. The van der Waals surface area contributed by atoms with Crippen LogP contribution < -0.4 is 5.32 Å². The number of nitrogens with one attached hydrogen (secondary N) is 1. The zero-order valence-electron chi connectivity index (χ0n) is 10.3. The largest absolute Gasteiger partial charge is 0.325 e. The van der Waals surface area contributed by atoms with Gasteiger partial charge in [0.2, 0.25) is 5.91 Å². The molecular formula is C16H13NOS. The van der Waals surface area contributed by atoms with Crippen LogP contribution in [0, 0.1) is 0 Å². The third kappa shape index (κ3) is 2.66. The van der Waals surface area contributed by atoms with Gasteiger partial charge < -0.3 is 5.32 Å². The van der Waals surface area contributed by atoms with Gasteiger partial charge in [-0.05, 0) is 27.8 Å². The van der Waals surface area contributed by atoms with Crippen LogP contribution in [0.25, 0.3) is 10.8 Å². The van der Waals surface area contributed by atoms with Crippen molar-refractivity contribution < 1.29 is 4.79 Å². The van der Waals surface area contributed by atoms with Gasteiger partial charge >= 0.3 is 0 Å². The fraction of sp³-hybridized carbons (Fsp3) is 0.0625. The summed E-state index contributed by atoms with van der Waals surface area (Å²) < 4.78 is 0. The van der Waals surface area contributed by atoms with Gasteiger partial charge in [0.1, 0.15) is 0 Å². The van der Waals surface area contributed by atoms with Gasteiger partial charge in [0.05, 0.1) is 12.1 Å². The zero-order chi connectivity index (χ0) is 13.1. The molecule has 0 saturated carbocycles. The Hall–Kier alpha value is -2.13. The normalized spacial score (nSPS) is 10.5. The molecule has 0 unspecified atom stereocenters. The lowest BCUT2D eigenvalue weighted by molar-refractivity contribution is -0.115. The molecule has 0 aliphatic carbocycles. The molecule has 3 rings (SSSR count). The van der Waals surface area contributed by atoms with Crippen molar-refractivity contribution in [1.29, 1.82) is 0 Å². The topological polar surface area (TPSA) is 29.1 Å². The van der Waals surface area contributed by atoms with E-state index in [1.807, 2.05) is 41.1 Å². The summed E-state index contributed by atoms with van der Waals surface area (Å²) in [5, 5.41) is 9.10. The van der Waals surface area contributed by atoms with E-state index < -0.39 is 0 Å². The third-order valence-electron chi connectivity index (χ3n) is 3.04. The molecule has 0 atom stereocenters. The van der Waals surface area contributed by atoms with Crippen molar-refractivity contribution in [2.45, 2.75) is 6.42 Å². The molecule has 2 nitrogen and oxygen atoms in total. The quantitative estimate of drug-likeness (QED) is 0.761. The summed E-state index contributed by atoms with van der Waals surface area (Å²) in [7, 11) is 0. The van der Waals surface area contributed by atoms with E-state index >= 15 is 0 Å². The van der Waals surface area contributed by atoms with Crippen molar-refractivity contribution in [3.8, 4) is 0 Å². The molecule has 3 heteroatoms. The Morgan fingerprint density at radius 2 is 1.89 bits per heavy atom. The second kappa shape index (κ2) is 5.24. The van der Waals surface area contributed by atoms with Crippen molar-refractivity contribution >= 4 is 33.7 Å². The summed E-state index contributed by atoms with van der Waals surface area (Å²) in [6.45, 7) is 0. The van der Waals surface area contributed by atoms with Gasteiger partial charge in [-0.15, -0.1) is 0 Å². The van der Waals surface area contributed by atoms with Crippen LogP contribution in [0.4, 0.5) is 5.69 Å². The van der Waals surface area contributed by atoms with Gasteiger partial charge in [-0.2, -0.15) is 11.3 Å². The molecule has 0 spiro atoms. The van der Waals surface area contributed by atoms with Crippen LogP contribution in [0.15, 0.2) is 59.3 Å². The second-order valence-electron chi connectivity index (χ2n) is 4.38. The highest BCUT2D eigenvalue weighted by Crippen LogP contribution is 2.19. The Morgan fingerprint density at radius 3 is 2.74 bits per heavy atom. The summed E-state index contributed by atoms with van der Waals surface area (Å²) in [5.41, 5.74) is 1.93. The Bertz CT molecular complexity index is 698. The molecule has 1 heterocycles. The standard InChI is InChI=1S/C16H13NOS/c18-16(17-14-8-9-19-11-14)10-13-6-3-5-12-4-1-2-7-15(12)13/h1-9,11H,10H2,(H,17,18). The molecule has 0 bridgehead atoms. The highest BCUT2D eigenvalue weighted by atomic mass is 32.1. The first-order valence-corrected chi connectivity index (χ1v) is 7.06. The van der Waals surface area contributed by atoms with Crippen molar-refractivity contribution in [2.24, 2.45) is 0 Å². The van der Waals surface area contributed by atoms with Crippen molar-refractivity contribution in [3.63, 3.8) is 0 Å². The maximum atomic E-state index is 12.0. The number of hydrogen-bond acceptors (Lipinski definition) is 2. The monoisotopic (exact) mass is 267 g/mol. The highest BCUT2D eigenvalue weighted by molar-refractivity contribution is 7.08. The number of carbonyl (C=O) groups is 1. The minimum atomic E-state index is 0.0229. The van der Waals surface area contributed by atoms with Crippen LogP contribution in [-0.2, 0) is 11.2 Å². The van der Waals surface area contributed by atoms with Crippen molar-refractivity contribution in [2.75, 3.05) is 5.32 Å². The molecule has 0 fully saturated rings. The van der Waals surface area contributed by atoms with E-state index in [2.05, 4.69) is 23.5 Å². The van der Waals surface area contributed by atoms with E-state index in [0.29, 0.717) is 6.42 Å². The first-order valence-electron chi connectivity index (χ1n) is 6.11. The number of anilines is 1. The molecule has 2 aromatic carbocycles. The molecule has 94 valence electrons. The molecule has 1 amide bonds. The maximum absolute atomic E-state index is 12.0. The fourth-order valence-electron chi connectivity index (χ4n) is 2.16. The Kier molecular flexibility index (Phi) is 3.29. The fourth-order valence-corrected chi connectivity index (χ4v) is 2.75. The summed E-state index contributed by atoms with van der Waals surface area (Å²) in [5.74, 6) is 0.0229. The van der Waals surface area contributed by atoms with E-state index in [1.165, 1.54) is 5.39 Å². The van der Waals surface area contributed by atoms with E-state index in [1.54, 1.807) is 11.3 Å². The van der Waals surface area contributed by atoms with E-state index in [9.17, 15) is 4.79 Å². The van der Waals surface area contributed by atoms with Gasteiger partial charge in [0.15, 0.2) is 0 Å². The number of hydrogen-bond donors (Lipinski definition) is 1. The van der Waals surface area contributed by atoms with Gasteiger partial charge in [0, 0.05) is 5.38 Å². The van der Waals surface area contributed by atoms with E-state index in [0.717, 1.165) is 16.6 Å². The zero-order valence-corrected chi connectivity index (χ0v) is 11.1. The summed E-state index contributed by atoms with van der Waals surface area (Å²) in [6.07, 6.45) is 0.400. The molecule has 19 heavy (non-hydrogen) atoms. The Balaban J connectivity index is 1.83. The molecule has 0 aliphatic heterocycles. The van der Waals surface area contributed by atoms with Crippen LogP contribution in [0.5, 0.6) is 0 Å². The number of amides is 1. The molecule has 0 aliphatic rings. The maximum Gasteiger partial charge on any atom is 0.228 e. The van der Waals surface area contributed by atoms with E-state index in [-0.39, 0.29) is 5.91 Å². The van der Waals surface area contributed by atoms with Gasteiger partial charge in [0.25, 0.3) is 0 Å². The SMILES string of the molecule is O=C(Cc1cccc2ccccc12)Nc1ccsc1. The van der Waals surface area contributed by atoms with E-state index in [4.69, 9.17) is 0 Å². The Labute approximate surface area is 115 Å². The van der Waals surface area contributed by atoms with Crippen LogP contribution >= 0.6 is 11.3 Å². The average molecular weight is 267 g/mol.